The summed E-state index contributed by atoms with van der Waals surface area (Å²) >= 11 is 6.65. The molecule has 0 aromatic heterocycles. The van der Waals surface area contributed by atoms with E-state index >= 15 is 0 Å². The lowest BCUT2D eigenvalue weighted by Crippen LogP contribution is -2.29. The van der Waals surface area contributed by atoms with Crippen molar-refractivity contribution in [2.45, 2.75) is 12.5 Å². The number of hydrazine groups is 1. The van der Waals surface area contributed by atoms with Crippen LogP contribution in [0.3, 0.4) is 0 Å². The standard InChI is InChI=1S/C15H15Br2FN2O/c1-21-15-5-2-9(6-12(15)17)7-14(20-19)10-3-4-13(18)11(16)8-10/h2-6,8,14,20H,7,19H2,1H3. The zero-order chi connectivity index (χ0) is 15.4. The fraction of sp³-hybridized carbons (Fsp3) is 0.200. The van der Waals surface area contributed by atoms with Gasteiger partial charge in [-0.15, -0.1) is 0 Å². The maximum atomic E-state index is 13.3. The molecule has 2 aromatic carbocycles. The fourth-order valence-electron chi connectivity index (χ4n) is 2.07. The van der Waals surface area contributed by atoms with Crippen LogP contribution in [0.1, 0.15) is 17.2 Å². The Morgan fingerprint density at radius 1 is 1.19 bits per heavy atom. The van der Waals surface area contributed by atoms with E-state index in [4.69, 9.17) is 10.6 Å². The molecule has 3 N–H and O–H groups in total. The molecule has 0 heterocycles. The summed E-state index contributed by atoms with van der Waals surface area (Å²) in [5.41, 5.74) is 4.78. The summed E-state index contributed by atoms with van der Waals surface area (Å²) in [6.45, 7) is 0. The number of benzene rings is 2. The van der Waals surface area contributed by atoms with Crippen molar-refractivity contribution in [1.82, 2.24) is 5.43 Å². The van der Waals surface area contributed by atoms with Gasteiger partial charge in [0, 0.05) is 0 Å². The predicted octanol–water partition coefficient (Wildman–Crippen LogP) is 4.11. The molecule has 21 heavy (non-hydrogen) atoms. The number of nitrogens with two attached hydrogens (primary N) is 1. The molecule has 0 bridgehead atoms. The molecule has 0 aliphatic carbocycles. The second-order valence-corrected chi connectivity index (χ2v) is 6.27. The highest BCUT2D eigenvalue weighted by atomic mass is 79.9. The third kappa shape index (κ3) is 4.03. The van der Waals surface area contributed by atoms with E-state index in [1.54, 1.807) is 19.2 Å². The summed E-state index contributed by atoms with van der Waals surface area (Å²) in [5, 5.41) is 0. The van der Waals surface area contributed by atoms with Crippen LogP contribution < -0.4 is 16.0 Å². The van der Waals surface area contributed by atoms with Crippen molar-refractivity contribution in [3.8, 4) is 5.75 Å². The molecular formula is C15H15Br2FN2O. The molecule has 1 unspecified atom stereocenters. The number of halogens is 3. The second kappa shape index (κ2) is 7.35. The number of nitrogens with one attached hydrogen (secondary N) is 1. The van der Waals surface area contributed by atoms with Crippen LogP contribution in [0.25, 0.3) is 0 Å². The van der Waals surface area contributed by atoms with Gasteiger partial charge in [0.05, 0.1) is 22.1 Å². The van der Waals surface area contributed by atoms with E-state index in [1.807, 2.05) is 18.2 Å². The smallest absolute Gasteiger partial charge is 0.137 e. The number of rotatable bonds is 5. The van der Waals surface area contributed by atoms with Gasteiger partial charge < -0.3 is 4.74 Å². The van der Waals surface area contributed by atoms with Crippen LogP contribution in [0, 0.1) is 5.82 Å². The van der Waals surface area contributed by atoms with E-state index in [1.165, 1.54) is 6.07 Å². The molecule has 2 rings (SSSR count). The van der Waals surface area contributed by atoms with E-state index in [9.17, 15) is 4.39 Å². The first-order chi connectivity index (χ1) is 10.0. The second-order valence-electron chi connectivity index (χ2n) is 4.57. The third-order valence-electron chi connectivity index (χ3n) is 3.20. The minimum absolute atomic E-state index is 0.109. The summed E-state index contributed by atoms with van der Waals surface area (Å²) in [7, 11) is 1.63. The Labute approximate surface area is 139 Å². The van der Waals surface area contributed by atoms with Crippen molar-refractivity contribution in [2.75, 3.05) is 7.11 Å². The van der Waals surface area contributed by atoms with Gasteiger partial charge in [0.25, 0.3) is 0 Å². The normalized spacial score (nSPS) is 12.2. The van der Waals surface area contributed by atoms with Gasteiger partial charge in [-0.2, -0.15) is 0 Å². The van der Waals surface area contributed by atoms with E-state index in [-0.39, 0.29) is 11.9 Å². The lowest BCUT2D eigenvalue weighted by molar-refractivity contribution is 0.412. The van der Waals surface area contributed by atoms with Gasteiger partial charge in [0.1, 0.15) is 11.6 Å². The molecule has 0 aliphatic rings. The van der Waals surface area contributed by atoms with E-state index in [2.05, 4.69) is 37.3 Å². The third-order valence-corrected chi connectivity index (χ3v) is 4.43. The molecule has 3 nitrogen and oxygen atoms in total. The Balaban J connectivity index is 2.22. The molecule has 2 aromatic rings. The fourth-order valence-corrected chi connectivity index (χ4v) is 3.06. The molecule has 1 atom stereocenters. The predicted molar refractivity (Wildman–Crippen MR) is 88.6 cm³/mol. The van der Waals surface area contributed by atoms with Crippen molar-refractivity contribution < 1.29 is 9.13 Å². The van der Waals surface area contributed by atoms with E-state index in [0.717, 1.165) is 21.3 Å². The summed E-state index contributed by atoms with van der Waals surface area (Å²) in [5.74, 6) is 6.13. The van der Waals surface area contributed by atoms with Gasteiger partial charge in [-0.25, -0.2) is 4.39 Å². The van der Waals surface area contributed by atoms with Gasteiger partial charge in [0.2, 0.25) is 0 Å². The van der Waals surface area contributed by atoms with Crippen molar-refractivity contribution in [3.05, 3.63) is 62.3 Å². The van der Waals surface area contributed by atoms with Crippen molar-refractivity contribution in [2.24, 2.45) is 5.84 Å². The summed E-state index contributed by atoms with van der Waals surface area (Å²) in [6.07, 6.45) is 0.678. The van der Waals surface area contributed by atoms with Crippen LogP contribution in [0.2, 0.25) is 0 Å². The van der Waals surface area contributed by atoms with Crippen molar-refractivity contribution in [1.29, 1.82) is 0 Å². The van der Waals surface area contributed by atoms with Crippen LogP contribution in [0.5, 0.6) is 5.75 Å². The zero-order valence-corrected chi connectivity index (χ0v) is 14.5. The first kappa shape index (κ1) is 16.4. The largest absolute Gasteiger partial charge is 0.496 e. The maximum absolute atomic E-state index is 13.3. The molecular weight excluding hydrogens is 403 g/mol. The Kier molecular flexibility index (Phi) is 5.75. The van der Waals surface area contributed by atoms with Crippen LogP contribution >= 0.6 is 31.9 Å². The number of methoxy groups -OCH3 is 1. The molecule has 0 spiro atoms. The first-order valence-electron chi connectivity index (χ1n) is 6.28. The quantitative estimate of drug-likeness (QED) is 0.568. The summed E-state index contributed by atoms with van der Waals surface area (Å²) in [4.78, 5) is 0. The maximum Gasteiger partial charge on any atom is 0.137 e. The highest BCUT2D eigenvalue weighted by Gasteiger charge is 2.13. The van der Waals surface area contributed by atoms with Gasteiger partial charge in [-0.3, -0.25) is 11.3 Å². The van der Waals surface area contributed by atoms with Gasteiger partial charge in [-0.1, -0.05) is 12.1 Å². The Morgan fingerprint density at radius 3 is 2.52 bits per heavy atom. The van der Waals surface area contributed by atoms with Crippen LogP contribution in [0.4, 0.5) is 4.39 Å². The first-order valence-corrected chi connectivity index (χ1v) is 7.87. The monoisotopic (exact) mass is 416 g/mol. The topological polar surface area (TPSA) is 47.3 Å². The number of hydrogen-bond donors (Lipinski definition) is 2. The highest BCUT2D eigenvalue weighted by molar-refractivity contribution is 9.10. The lowest BCUT2D eigenvalue weighted by Gasteiger charge is -2.17. The molecule has 0 fully saturated rings. The van der Waals surface area contributed by atoms with Gasteiger partial charge in [0.15, 0.2) is 0 Å². The molecule has 0 amide bonds. The van der Waals surface area contributed by atoms with Crippen LogP contribution in [-0.2, 0) is 6.42 Å². The minimum atomic E-state index is -0.290. The molecule has 112 valence electrons. The van der Waals surface area contributed by atoms with Crippen molar-refractivity contribution >= 4 is 31.9 Å². The lowest BCUT2D eigenvalue weighted by atomic mass is 9.99. The molecule has 0 saturated carbocycles. The zero-order valence-electron chi connectivity index (χ0n) is 11.4. The van der Waals surface area contributed by atoms with Gasteiger partial charge in [-0.05, 0) is 73.7 Å². The van der Waals surface area contributed by atoms with E-state index in [0.29, 0.717) is 10.9 Å². The van der Waals surface area contributed by atoms with E-state index < -0.39 is 0 Å². The average molecular weight is 418 g/mol. The summed E-state index contributed by atoms with van der Waals surface area (Å²) in [6, 6.07) is 10.6. The number of hydrogen-bond acceptors (Lipinski definition) is 3. The Bertz CT molecular complexity index is 637. The molecule has 0 radical (unpaired) electrons. The molecule has 0 saturated heterocycles. The van der Waals surface area contributed by atoms with Crippen LogP contribution in [-0.4, -0.2) is 7.11 Å². The van der Waals surface area contributed by atoms with Crippen molar-refractivity contribution in [3.63, 3.8) is 0 Å². The molecule has 6 heteroatoms. The SMILES string of the molecule is COc1ccc(CC(NN)c2ccc(F)c(Br)c2)cc1Br. The average Bonchev–Trinajstić information content (AvgIpc) is 2.48. The Hall–Kier alpha value is -0.950. The highest BCUT2D eigenvalue weighted by Crippen LogP contribution is 2.28. The minimum Gasteiger partial charge on any atom is -0.496 e. The van der Waals surface area contributed by atoms with Crippen LogP contribution in [0.15, 0.2) is 45.3 Å². The summed E-state index contributed by atoms with van der Waals surface area (Å²) < 4.78 is 19.8. The number of ether oxygens (including phenoxy) is 1. The molecule has 0 aliphatic heterocycles. The van der Waals surface area contributed by atoms with Gasteiger partial charge >= 0.3 is 0 Å². The Morgan fingerprint density at radius 2 is 1.95 bits per heavy atom.